The van der Waals surface area contributed by atoms with Crippen LogP contribution in [0.3, 0.4) is 0 Å². The van der Waals surface area contributed by atoms with Crippen molar-refractivity contribution in [2.24, 2.45) is 0 Å². The second-order valence-electron chi connectivity index (χ2n) is 3.58. The number of nitrogen functional groups attached to an aromatic ring is 1. The summed E-state index contributed by atoms with van der Waals surface area (Å²) in [6, 6.07) is 0.463. The fourth-order valence-electron chi connectivity index (χ4n) is 1.27. The minimum absolute atomic E-state index is 0.170. The lowest BCUT2D eigenvalue weighted by atomic mass is 10.7. The zero-order chi connectivity index (χ0) is 11.0. The van der Waals surface area contributed by atoms with Crippen molar-refractivity contribution in [3.8, 4) is 5.95 Å². The highest BCUT2D eigenvalue weighted by Crippen LogP contribution is 2.23. The van der Waals surface area contributed by atoms with Crippen molar-refractivity contribution in [1.82, 2.24) is 29.7 Å². The van der Waals surface area contributed by atoms with Gasteiger partial charge < -0.3 is 11.1 Å². The van der Waals surface area contributed by atoms with E-state index < -0.39 is 0 Å². The molecule has 2 heterocycles. The number of nitrogens with one attached hydrogen (secondary N) is 1. The fraction of sp³-hybridized carbons (Fsp3) is 0.375. The van der Waals surface area contributed by atoms with Crippen molar-refractivity contribution in [2.45, 2.75) is 18.9 Å². The molecule has 0 spiro atoms. The zero-order valence-corrected chi connectivity index (χ0v) is 8.41. The van der Waals surface area contributed by atoms with Crippen molar-refractivity contribution < 1.29 is 0 Å². The molecule has 0 unspecified atom stereocenters. The molecule has 8 heteroatoms. The van der Waals surface area contributed by atoms with E-state index in [1.807, 2.05) is 0 Å². The summed E-state index contributed by atoms with van der Waals surface area (Å²) < 4.78 is 1.44. The Bertz CT molecular complexity index is 489. The molecule has 3 rings (SSSR count). The number of aromatic nitrogens is 6. The number of hydrogen-bond donors (Lipinski definition) is 2. The van der Waals surface area contributed by atoms with Crippen LogP contribution in [0.5, 0.6) is 0 Å². The Morgan fingerprint density at radius 3 is 2.88 bits per heavy atom. The van der Waals surface area contributed by atoms with Crippen molar-refractivity contribution >= 4 is 11.9 Å². The molecule has 0 bridgehead atoms. The summed E-state index contributed by atoms with van der Waals surface area (Å²) in [5.41, 5.74) is 5.60. The molecule has 0 aliphatic heterocycles. The molecule has 2 aromatic rings. The number of rotatable bonds is 3. The summed E-state index contributed by atoms with van der Waals surface area (Å²) in [7, 11) is 0. The van der Waals surface area contributed by atoms with Gasteiger partial charge in [0, 0.05) is 6.04 Å². The molecule has 0 amide bonds. The highest BCUT2D eigenvalue weighted by Gasteiger charge is 2.22. The minimum Gasteiger partial charge on any atom is -0.368 e. The molecular formula is C8H10N8. The van der Waals surface area contributed by atoms with E-state index >= 15 is 0 Å². The van der Waals surface area contributed by atoms with Crippen LogP contribution in [0, 0.1) is 0 Å². The first-order chi connectivity index (χ1) is 7.81. The number of hydrogen-bond acceptors (Lipinski definition) is 7. The van der Waals surface area contributed by atoms with Crippen molar-refractivity contribution in [3.05, 3.63) is 12.7 Å². The summed E-state index contributed by atoms with van der Waals surface area (Å²) in [5.74, 6) is 1.03. The van der Waals surface area contributed by atoms with Crippen LogP contribution in [0.2, 0.25) is 0 Å². The summed E-state index contributed by atoms with van der Waals surface area (Å²) in [6.45, 7) is 0. The molecule has 1 saturated carbocycles. The molecule has 1 aliphatic rings. The molecule has 0 atom stereocenters. The average molecular weight is 218 g/mol. The third kappa shape index (κ3) is 1.76. The van der Waals surface area contributed by atoms with Crippen LogP contribution in [0.25, 0.3) is 5.95 Å². The van der Waals surface area contributed by atoms with Crippen molar-refractivity contribution in [2.75, 3.05) is 11.1 Å². The van der Waals surface area contributed by atoms with E-state index in [0.29, 0.717) is 17.9 Å². The molecule has 0 radical (unpaired) electrons. The zero-order valence-electron chi connectivity index (χ0n) is 8.41. The first-order valence-electron chi connectivity index (χ1n) is 4.94. The normalized spacial score (nSPS) is 15.0. The Morgan fingerprint density at radius 2 is 2.19 bits per heavy atom. The first-order valence-corrected chi connectivity index (χ1v) is 4.94. The fourth-order valence-corrected chi connectivity index (χ4v) is 1.27. The van der Waals surface area contributed by atoms with Crippen LogP contribution in [-0.2, 0) is 0 Å². The van der Waals surface area contributed by atoms with Gasteiger partial charge in [0.25, 0.3) is 5.95 Å². The van der Waals surface area contributed by atoms with Gasteiger partial charge in [0.1, 0.15) is 12.7 Å². The SMILES string of the molecule is Nc1nc(NC2CC2)nc(-n2cncn2)n1. The van der Waals surface area contributed by atoms with Gasteiger partial charge in [-0.05, 0) is 12.8 Å². The van der Waals surface area contributed by atoms with Crippen LogP contribution < -0.4 is 11.1 Å². The van der Waals surface area contributed by atoms with Gasteiger partial charge in [-0.1, -0.05) is 0 Å². The van der Waals surface area contributed by atoms with Crippen LogP contribution >= 0.6 is 0 Å². The van der Waals surface area contributed by atoms with Crippen LogP contribution in [-0.4, -0.2) is 35.8 Å². The molecule has 8 nitrogen and oxygen atoms in total. The van der Waals surface area contributed by atoms with Crippen molar-refractivity contribution in [1.29, 1.82) is 0 Å². The van der Waals surface area contributed by atoms with Crippen LogP contribution in [0.15, 0.2) is 12.7 Å². The van der Waals surface area contributed by atoms with Gasteiger partial charge in [0.05, 0.1) is 0 Å². The molecular weight excluding hydrogens is 208 g/mol. The largest absolute Gasteiger partial charge is 0.368 e. The van der Waals surface area contributed by atoms with E-state index in [4.69, 9.17) is 5.73 Å². The summed E-state index contributed by atoms with van der Waals surface area (Å²) >= 11 is 0. The third-order valence-electron chi connectivity index (χ3n) is 2.18. The first kappa shape index (κ1) is 9.01. The van der Waals surface area contributed by atoms with E-state index in [2.05, 4.69) is 30.4 Å². The maximum absolute atomic E-state index is 5.60. The predicted molar refractivity (Wildman–Crippen MR) is 55.8 cm³/mol. The molecule has 3 N–H and O–H groups in total. The number of nitrogens with zero attached hydrogens (tertiary/aromatic N) is 6. The van der Waals surface area contributed by atoms with E-state index in [-0.39, 0.29) is 5.95 Å². The second kappa shape index (κ2) is 3.40. The maximum Gasteiger partial charge on any atom is 0.258 e. The maximum atomic E-state index is 5.60. The van der Waals surface area contributed by atoms with Gasteiger partial charge in [-0.15, -0.1) is 0 Å². The van der Waals surface area contributed by atoms with E-state index in [9.17, 15) is 0 Å². The Kier molecular flexibility index (Phi) is 1.92. The number of anilines is 2. The molecule has 82 valence electrons. The third-order valence-corrected chi connectivity index (χ3v) is 2.18. The Labute approximate surface area is 91.0 Å². The molecule has 16 heavy (non-hydrogen) atoms. The molecule has 0 aromatic carbocycles. The average Bonchev–Trinajstić information content (AvgIpc) is 2.90. The highest BCUT2D eigenvalue weighted by molar-refractivity contribution is 5.36. The smallest absolute Gasteiger partial charge is 0.258 e. The number of nitrogens with two attached hydrogens (primary N) is 1. The highest BCUT2D eigenvalue weighted by atomic mass is 15.4. The summed E-state index contributed by atoms with van der Waals surface area (Å²) in [4.78, 5) is 16.0. The monoisotopic (exact) mass is 218 g/mol. The van der Waals surface area contributed by atoms with Crippen molar-refractivity contribution in [3.63, 3.8) is 0 Å². The second-order valence-corrected chi connectivity index (χ2v) is 3.58. The van der Waals surface area contributed by atoms with Gasteiger partial charge in [-0.2, -0.15) is 24.7 Å². The molecule has 1 fully saturated rings. The van der Waals surface area contributed by atoms with E-state index in [1.54, 1.807) is 0 Å². The van der Waals surface area contributed by atoms with E-state index in [1.165, 1.54) is 17.3 Å². The van der Waals surface area contributed by atoms with Gasteiger partial charge in [0.2, 0.25) is 11.9 Å². The Hall–Kier alpha value is -2.25. The van der Waals surface area contributed by atoms with Gasteiger partial charge >= 0.3 is 0 Å². The lowest BCUT2D eigenvalue weighted by Crippen LogP contribution is -2.12. The van der Waals surface area contributed by atoms with E-state index in [0.717, 1.165) is 12.8 Å². The minimum atomic E-state index is 0.170. The Balaban J connectivity index is 1.95. The lowest BCUT2D eigenvalue weighted by molar-refractivity contribution is 0.797. The van der Waals surface area contributed by atoms with Crippen LogP contribution in [0.1, 0.15) is 12.8 Å². The standard InChI is InChI=1S/C8H10N8/c9-6-13-7(12-5-1-2-5)15-8(14-6)16-4-10-3-11-16/h3-5H,1-2H2,(H3,9,12,13,14,15). The molecule has 2 aromatic heterocycles. The molecule has 1 aliphatic carbocycles. The van der Waals surface area contributed by atoms with Crippen LogP contribution in [0.4, 0.5) is 11.9 Å². The molecule has 0 saturated heterocycles. The summed E-state index contributed by atoms with van der Waals surface area (Å²) in [6.07, 6.45) is 5.21. The topological polar surface area (TPSA) is 107 Å². The lowest BCUT2D eigenvalue weighted by Gasteiger charge is -2.05. The quantitative estimate of drug-likeness (QED) is 0.722. The summed E-state index contributed by atoms with van der Waals surface area (Å²) in [5, 5.41) is 7.09. The predicted octanol–water partition coefficient (Wildman–Crippen LogP) is -0.391. The Morgan fingerprint density at radius 1 is 1.31 bits per heavy atom. The van der Waals surface area contributed by atoms with Gasteiger partial charge in [0.15, 0.2) is 0 Å². The van der Waals surface area contributed by atoms with Gasteiger partial charge in [-0.3, -0.25) is 0 Å². The van der Waals surface area contributed by atoms with Gasteiger partial charge in [-0.25, -0.2) is 4.98 Å².